The Kier molecular flexibility index (Phi) is 11.1. The van der Waals surface area contributed by atoms with Crippen molar-refractivity contribution in [2.75, 3.05) is 32.7 Å². The van der Waals surface area contributed by atoms with Gasteiger partial charge in [-0.15, -0.1) is 0 Å². The third kappa shape index (κ3) is 6.76. The summed E-state index contributed by atoms with van der Waals surface area (Å²) in [7, 11) is 4.97. The molecule has 11 heteroatoms. The Hall–Kier alpha value is -3.40. The van der Waals surface area contributed by atoms with Crippen LogP contribution < -0.4 is 18.9 Å². The van der Waals surface area contributed by atoms with E-state index in [4.69, 9.17) is 18.9 Å². The second-order valence-corrected chi connectivity index (χ2v) is 18.0. The molecule has 8 rings (SSSR count). The van der Waals surface area contributed by atoms with Crippen LogP contribution in [0.2, 0.25) is 0 Å². The summed E-state index contributed by atoms with van der Waals surface area (Å²) in [5, 5.41) is 56.1. The average molecular weight is 775 g/mol. The van der Waals surface area contributed by atoms with Crippen LogP contribution >= 0.6 is 21.6 Å². The van der Waals surface area contributed by atoms with Crippen molar-refractivity contribution in [2.45, 2.75) is 106 Å². The first-order valence-electron chi connectivity index (χ1n) is 19.4. The van der Waals surface area contributed by atoms with Gasteiger partial charge in [-0.3, -0.25) is 0 Å². The van der Waals surface area contributed by atoms with E-state index in [-0.39, 0.29) is 66.7 Å². The molecule has 4 bridgehead atoms. The quantitative estimate of drug-likeness (QED) is 0.119. The number of rotatable bonds is 7. The van der Waals surface area contributed by atoms with Crippen molar-refractivity contribution in [1.82, 2.24) is 0 Å². The number of aliphatic hydroxyl groups is 3. The lowest BCUT2D eigenvalue weighted by molar-refractivity contribution is 0.000468. The Balaban J connectivity index is 1.38. The zero-order chi connectivity index (χ0) is 37.5. The van der Waals surface area contributed by atoms with Gasteiger partial charge in [0.05, 0.1) is 31.7 Å². The number of phenolic OH excluding ortho intramolecular Hbond substituents is 2. The molecule has 0 radical (unpaired) electrons. The molecule has 0 amide bonds. The smallest absolute Gasteiger partial charge is 0.201 e. The van der Waals surface area contributed by atoms with E-state index in [0.29, 0.717) is 34.3 Å². The lowest BCUT2D eigenvalue weighted by atomic mass is 9.65. The summed E-state index contributed by atoms with van der Waals surface area (Å²) < 4.78 is 25.7. The molecule has 1 fully saturated rings. The second kappa shape index (κ2) is 16.0. The average Bonchev–Trinajstić information content (AvgIpc) is 3.20. The van der Waals surface area contributed by atoms with Gasteiger partial charge < -0.3 is 44.5 Å². The van der Waals surface area contributed by atoms with Crippen LogP contribution in [0.3, 0.4) is 0 Å². The Morgan fingerprint density at radius 1 is 0.944 bits per heavy atom. The third-order valence-corrected chi connectivity index (χ3v) is 14.8. The summed E-state index contributed by atoms with van der Waals surface area (Å²) in [6.07, 6.45) is 6.12. The van der Waals surface area contributed by atoms with Gasteiger partial charge in [0.2, 0.25) is 5.75 Å². The van der Waals surface area contributed by atoms with Crippen molar-refractivity contribution < 1.29 is 44.5 Å². The van der Waals surface area contributed by atoms with Gasteiger partial charge in [-0.1, -0.05) is 59.3 Å². The predicted molar refractivity (Wildman–Crippen MR) is 211 cm³/mol. The Morgan fingerprint density at radius 3 is 2.56 bits per heavy atom. The van der Waals surface area contributed by atoms with Crippen molar-refractivity contribution in [2.24, 2.45) is 5.92 Å². The van der Waals surface area contributed by atoms with Gasteiger partial charge in [-0.2, -0.15) is 0 Å². The van der Waals surface area contributed by atoms with E-state index in [0.717, 1.165) is 84.9 Å². The summed E-state index contributed by atoms with van der Waals surface area (Å²) in [6.45, 7) is 1.95. The molecule has 0 aromatic heterocycles. The van der Waals surface area contributed by atoms with Crippen LogP contribution in [0.15, 0.2) is 30.3 Å². The summed E-state index contributed by atoms with van der Waals surface area (Å²) in [5.74, 6) is 8.97. The molecule has 0 unspecified atom stereocenters. The number of aliphatic hydroxyl groups excluding tert-OH is 3. The van der Waals surface area contributed by atoms with Crippen LogP contribution in [0.4, 0.5) is 0 Å². The number of ether oxygens (including phenoxy) is 4. The lowest BCUT2D eigenvalue weighted by Crippen LogP contribution is -2.40. The maximum atomic E-state index is 12.8. The van der Waals surface area contributed by atoms with Crippen LogP contribution in [-0.4, -0.2) is 75.7 Å². The Bertz CT molecular complexity index is 1930. The first-order chi connectivity index (χ1) is 26.3. The second-order valence-electron chi connectivity index (χ2n) is 15.4. The van der Waals surface area contributed by atoms with Gasteiger partial charge in [0.25, 0.3) is 0 Å². The highest BCUT2D eigenvalue weighted by molar-refractivity contribution is 8.77. The largest absolute Gasteiger partial charge is 0.508 e. The van der Waals surface area contributed by atoms with Gasteiger partial charge in [-0.25, -0.2) is 0 Å². The minimum Gasteiger partial charge on any atom is -0.508 e. The van der Waals surface area contributed by atoms with Crippen molar-refractivity contribution in [1.29, 1.82) is 0 Å². The van der Waals surface area contributed by atoms with Crippen LogP contribution in [0, 0.1) is 17.8 Å². The summed E-state index contributed by atoms with van der Waals surface area (Å²) in [4.78, 5) is 0. The Labute approximate surface area is 325 Å². The predicted octanol–water partition coefficient (Wildman–Crippen LogP) is 7.74. The molecule has 0 spiro atoms. The van der Waals surface area contributed by atoms with Crippen molar-refractivity contribution >= 4 is 21.6 Å². The van der Waals surface area contributed by atoms with E-state index in [2.05, 4.69) is 18.8 Å². The normalized spacial score (nSPS) is 27.5. The highest BCUT2D eigenvalue weighted by Crippen LogP contribution is 2.61. The molecule has 5 aliphatic rings. The zero-order valence-corrected chi connectivity index (χ0v) is 32.5. The molecule has 3 aromatic carbocycles. The molecule has 2 heterocycles. The molecule has 5 N–H and O–H groups in total. The first kappa shape index (κ1) is 37.5. The fraction of sp³-hybridized carbons (Fsp3) is 0.535. The molecule has 9 nitrogen and oxygen atoms in total. The molecule has 3 aromatic rings. The van der Waals surface area contributed by atoms with E-state index >= 15 is 0 Å². The fourth-order valence-corrected chi connectivity index (χ4v) is 12.3. The number of hydrogen-bond donors (Lipinski definition) is 5. The first-order valence-corrected chi connectivity index (χ1v) is 21.8. The van der Waals surface area contributed by atoms with Gasteiger partial charge in [0.1, 0.15) is 30.0 Å². The molecule has 54 heavy (non-hydrogen) atoms. The van der Waals surface area contributed by atoms with Gasteiger partial charge >= 0.3 is 0 Å². The van der Waals surface area contributed by atoms with Crippen LogP contribution in [0.25, 0.3) is 11.1 Å². The minimum atomic E-state index is -1.07. The number of benzene rings is 3. The zero-order valence-electron chi connectivity index (χ0n) is 30.9. The van der Waals surface area contributed by atoms with Crippen LogP contribution in [0.1, 0.15) is 110 Å². The number of phenols is 2. The van der Waals surface area contributed by atoms with Crippen LogP contribution in [0.5, 0.6) is 34.5 Å². The molecule has 0 saturated heterocycles. The molecule has 2 aliphatic heterocycles. The van der Waals surface area contributed by atoms with Gasteiger partial charge in [0.15, 0.2) is 17.6 Å². The summed E-state index contributed by atoms with van der Waals surface area (Å²) >= 11 is 0. The summed E-state index contributed by atoms with van der Waals surface area (Å²) in [5.41, 5.74) is 5.59. The molecular weight excluding hydrogens is 725 g/mol. The molecular formula is C43H50O9S2. The fourth-order valence-electron chi connectivity index (χ4n) is 9.45. The molecule has 1 saturated carbocycles. The monoisotopic (exact) mass is 774 g/mol. The van der Waals surface area contributed by atoms with Crippen molar-refractivity contribution in [3.8, 4) is 57.5 Å². The summed E-state index contributed by atoms with van der Waals surface area (Å²) in [6, 6.07) is 9.08. The van der Waals surface area contributed by atoms with E-state index in [1.165, 1.54) is 7.11 Å². The third-order valence-electron chi connectivity index (χ3n) is 12.1. The topological polar surface area (TPSA) is 138 Å². The molecule has 7 atom stereocenters. The van der Waals surface area contributed by atoms with Crippen LogP contribution in [-0.2, 0) is 6.42 Å². The lowest BCUT2D eigenvalue weighted by Gasteiger charge is -2.44. The van der Waals surface area contributed by atoms with Gasteiger partial charge in [0, 0.05) is 52.3 Å². The van der Waals surface area contributed by atoms with E-state index in [1.807, 2.05) is 24.3 Å². The maximum absolute atomic E-state index is 12.8. The number of fused-ring (bicyclic) bond motifs is 7. The minimum absolute atomic E-state index is 0.0386. The van der Waals surface area contributed by atoms with E-state index in [1.54, 1.807) is 27.7 Å². The van der Waals surface area contributed by atoms with E-state index in [9.17, 15) is 25.5 Å². The van der Waals surface area contributed by atoms with E-state index < -0.39 is 18.1 Å². The maximum Gasteiger partial charge on any atom is 0.201 e. The highest BCUT2D eigenvalue weighted by atomic mass is 33.1. The number of hydrogen-bond acceptors (Lipinski definition) is 11. The SMILES string of the molecule is COc1c(O)c(OC2CCCCC2)cc2c1CC#C[C@@H]1SSCC[C@@H](C)CC[C@@H]3c4cc(O)ccc4-c4c(OCCO)cc5c(c4[C@H]3CO)[C@H]1[C@@H](O)[C@H]2O5. The number of aromatic hydroxyl groups is 2. The Morgan fingerprint density at radius 2 is 1.78 bits per heavy atom. The molecule has 3 aliphatic carbocycles. The standard InChI is InChI=1S/C43H50O9S2/c1-23-11-13-26-29-19-24(46)12-14-27(29)36-32(50-17-16-44)21-33-38(37(36)31(26)22-45)39-35(54-53-18-15-23)10-6-9-28-30(43(52-33)41(39)48)20-34(40(47)42(28)49-2)51-25-7-4-3-5-8-25/h12,14,19-21,23,25-26,31,35,39,41,43-48H,3-5,7-9,11,13,15-18,22H2,1-2H3/t23-,26+,31-,35-,39-,41+,43-/m0/s1. The number of methoxy groups -OCH3 is 1. The van der Waals surface area contributed by atoms with Gasteiger partial charge in [-0.05, 0) is 85.3 Å². The highest BCUT2D eigenvalue weighted by Gasteiger charge is 2.49. The molecule has 288 valence electrons. The van der Waals surface area contributed by atoms with Crippen molar-refractivity contribution in [3.05, 3.63) is 58.1 Å². The van der Waals surface area contributed by atoms with Crippen molar-refractivity contribution in [3.63, 3.8) is 0 Å².